The fraction of sp³-hybridized carbons (Fsp3) is 0.583. The normalized spacial score (nSPS) is 17.6. The summed E-state index contributed by atoms with van der Waals surface area (Å²) in [6.07, 6.45) is 2.08. The first-order valence-corrected chi connectivity index (χ1v) is 8.45. The summed E-state index contributed by atoms with van der Waals surface area (Å²) in [6, 6.07) is 1.20. The molecule has 0 unspecified atom stereocenters. The van der Waals surface area contributed by atoms with Gasteiger partial charge in [0.1, 0.15) is 4.21 Å². The molecule has 0 bridgehead atoms. The van der Waals surface area contributed by atoms with Gasteiger partial charge in [-0.05, 0) is 30.2 Å². The summed E-state index contributed by atoms with van der Waals surface area (Å²) in [7, 11) is -3.59. The van der Waals surface area contributed by atoms with Crippen LogP contribution in [0.25, 0.3) is 0 Å². The molecule has 2 rings (SSSR count). The molecule has 1 saturated carbocycles. The van der Waals surface area contributed by atoms with E-state index in [9.17, 15) is 13.2 Å². The number of hydrogen-bond acceptors (Lipinski definition) is 4. The second-order valence-corrected chi connectivity index (χ2v) is 8.21. The van der Waals surface area contributed by atoms with Gasteiger partial charge in [-0.2, -0.15) is 0 Å². The largest absolute Gasteiger partial charge is 0.478 e. The molecule has 1 fully saturated rings. The van der Waals surface area contributed by atoms with E-state index >= 15 is 0 Å². The smallest absolute Gasteiger partial charge is 0.336 e. The topological polar surface area (TPSA) is 83.5 Å². The lowest BCUT2D eigenvalue weighted by molar-refractivity contribution is 0.0697. The van der Waals surface area contributed by atoms with E-state index in [-0.39, 0.29) is 15.2 Å². The van der Waals surface area contributed by atoms with Crippen LogP contribution in [0.4, 0.5) is 0 Å². The van der Waals surface area contributed by atoms with Gasteiger partial charge in [0.2, 0.25) is 10.0 Å². The van der Waals surface area contributed by atoms with Crippen LogP contribution in [-0.2, 0) is 10.0 Å². The predicted octanol–water partition coefficient (Wildman–Crippen LogP) is 2.16. The van der Waals surface area contributed by atoms with Crippen molar-refractivity contribution in [3.05, 3.63) is 17.0 Å². The minimum absolute atomic E-state index is 0.00960. The molecule has 1 aromatic rings. The van der Waals surface area contributed by atoms with Gasteiger partial charge in [-0.1, -0.05) is 13.8 Å². The number of aromatic carboxylic acids is 1. The van der Waals surface area contributed by atoms with E-state index in [0.29, 0.717) is 12.5 Å². The molecule has 7 heteroatoms. The summed E-state index contributed by atoms with van der Waals surface area (Å²) >= 11 is 0.933. The summed E-state index contributed by atoms with van der Waals surface area (Å²) in [4.78, 5) is 10.7. The molecule has 1 aliphatic rings. The molecule has 0 radical (unpaired) electrons. The Hall–Kier alpha value is -0.920. The van der Waals surface area contributed by atoms with Crippen molar-refractivity contribution in [3.63, 3.8) is 0 Å². The summed E-state index contributed by atoms with van der Waals surface area (Å²) < 4.78 is 26.8. The van der Waals surface area contributed by atoms with Gasteiger partial charge in [0, 0.05) is 11.9 Å². The van der Waals surface area contributed by atoms with Gasteiger partial charge in [-0.15, -0.1) is 11.3 Å². The monoisotopic (exact) mass is 303 g/mol. The molecule has 0 spiro atoms. The van der Waals surface area contributed by atoms with Gasteiger partial charge in [0.15, 0.2) is 0 Å². The van der Waals surface area contributed by atoms with Crippen molar-refractivity contribution in [1.29, 1.82) is 0 Å². The van der Waals surface area contributed by atoms with Crippen molar-refractivity contribution in [2.45, 2.75) is 30.9 Å². The highest BCUT2D eigenvalue weighted by Gasteiger charge is 2.45. The van der Waals surface area contributed by atoms with E-state index in [1.165, 1.54) is 11.4 Å². The first-order valence-electron chi connectivity index (χ1n) is 6.08. The maximum atomic E-state index is 12.1. The number of carboxylic acid groups (broad SMARTS) is 1. The number of carbonyl (C=O) groups is 1. The van der Waals surface area contributed by atoms with Crippen molar-refractivity contribution < 1.29 is 18.3 Å². The van der Waals surface area contributed by atoms with E-state index < -0.39 is 16.0 Å². The van der Waals surface area contributed by atoms with Crippen molar-refractivity contribution >= 4 is 27.3 Å². The van der Waals surface area contributed by atoms with Crippen LogP contribution in [0.5, 0.6) is 0 Å². The van der Waals surface area contributed by atoms with Crippen LogP contribution in [0.1, 0.15) is 37.0 Å². The Labute approximate surface area is 116 Å². The Morgan fingerprint density at radius 2 is 2.16 bits per heavy atom. The van der Waals surface area contributed by atoms with Crippen LogP contribution in [0.2, 0.25) is 0 Å². The maximum Gasteiger partial charge on any atom is 0.336 e. The molecule has 19 heavy (non-hydrogen) atoms. The molecule has 5 nitrogen and oxygen atoms in total. The Morgan fingerprint density at radius 1 is 1.53 bits per heavy atom. The lowest BCUT2D eigenvalue weighted by atomic mass is 9.93. The number of hydrogen-bond donors (Lipinski definition) is 2. The van der Waals surface area contributed by atoms with Crippen LogP contribution in [0, 0.1) is 11.3 Å². The second-order valence-electron chi connectivity index (χ2n) is 5.30. The zero-order chi connectivity index (χ0) is 14.3. The SMILES string of the molecule is CC(C)C1(CNS(=O)(=O)c2cc(C(=O)O)cs2)CC1. The molecule has 0 saturated heterocycles. The first-order chi connectivity index (χ1) is 8.77. The summed E-state index contributed by atoms with van der Waals surface area (Å²) in [5.41, 5.74) is 0.0929. The molecular weight excluding hydrogens is 286 g/mol. The molecule has 0 atom stereocenters. The van der Waals surface area contributed by atoms with Crippen molar-refractivity contribution in [2.75, 3.05) is 6.54 Å². The molecule has 2 N–H and O–H groups in total. The van der Waals surface area contributed by atoms with Crippen LogP contribution < -0.4 is 4.72 Å². The maximum absolute atomic E-state index is 12.1. The second kappa shape index (κ2) is 4.88. The molecule has 1 heterocycles. The Balaban J connectivity index is 2.08. The van der Waals surface area contributed by atoms with Crippen molar-refractivity contribution in [3.8, 4) is 0 Å². The molecule has 1 aliphatic carbocycles. The number of rotatable bonds is 6. The van der Waals surface area contributed by atoms with Gasteiger partial charge in [-0.3, -0.25) is 0 Å². The highest BCUT2D eigenvalue weighted by atomic mass is 32.2. The zero-order valence-corrected chi connectivity index (χ0v) is 12.5. The molecule has 1 aromatic heterocycles. The third-order valence-corrected chi connectivity index (χ3v) is 6.66. The van der Waals surface area contributed by atoms with Gasteiger partial charge >= 0.3 is 5.97 Å². The Bertz CT molecular complexity index is 585. The molecule has 0 aliphatic heterocycles. The van der Waals surface area contributed by atoms with E-state index in [4.69, 9.17) is 5.11 Å². The van der Waals surface area contributed by atoms with Crippen molar-refractivity contribution in [2.24, 2.45) is 11.3 Å². The summed E-state index contributed by atoms with van der Waals surface area (Å²) in [6.45, 7) is 4.61. The Morgan fingerprint density at radius 3 is 2.58 bits per heavy atom. The average molecular weight is 303 g/mol. The van der Waals surface area contributed by atoms with E-state index in [1.807, 2.05) is 0 Å². The highest BCUT2D eigenvalue weighted by Crippen LogP contribution is 2.51. The number of nitrogens with one attached hydrogen (secondary N) is 1. The van der Waals surface area contributed by atoms with Gasteiger partial charge in [-0.25, -0.2) is 17.9 Å². The fourth-order valence-corrected chi connectivity index (χ4v) is 4.33. The van der Waals surface area contributed by atoms with E-state index in [0.717, 1.165) is 24.2 Å². The standard InChI is InChI=1S/C12H17NO4S2/c1-8(2)12(3-4-12)7-13-19(16,17)10-5-9(6-18-10)11(14)15/h5-6,8,13H,3-4,7H2,1-2H3,(H,14,15). The van der Waals surface area contributed by atoms with Gasteiger partial charge in [0.25, 0.3) is 0 Å². The van der Waals surface area contributed by atoms with Crippen LogP contribution >= 0.6 is 11.3 Å². The molecular formula is C12H17NO4S2. The van der Waals surface area contributed by atoms with Crippen LogP contribution in [0.3, 0.4) is 0 Å². The number of sulfonamides is 1. The minimum Gasteiger partial charge on any atom is -0.478 e. The van der Waals surface area contributed by atoms with Gasteiger partial charge < -0.3 is 5.11 Å². The average Bonchev–Trinajstić information content (AvgIpc) is 2.94. The molecule has 106 valence electrons. The minimum atomic E-state index is -3.59. The van der Waals surface area contributed by atoms with E-state index in [1.54, 1.807) is 0 Å². The lowest BCUT2D eigenvalue weighted by Crippen LogP contribution is -2.32. The first kappa shape index (κ1) is 14.5. The summed E-state index contributed by atoms with van der Waals surface area (Å²) in [5, 5.41) is 10.1. The molecule has 0 aromatic carbocycles. The Kier molecular flexibility index (Phi) is 3.72. The predicted molar refractivity (Wildman–Crippen MR) is 73.0 cm³/mol. The van der Waals surface area contributed by atoms with Crippen LogP contribution in [0.15, 0.2) is 15.7 Å². The van der Waals surface area contributed by atoms with E-state index in [2.05, 4.69) is 18.6 Å². The lowest BCUT2D eigenvalue weighted by Gasteiger charge is -2.19. The third kappa shape index (κ3) is 2.98. The summed E-state index contributed by atoms with van der Waals surface area (Å²) in [5.74, 6) is -0.674. The van der Waals surface area contributed by atoms with Crippen LogP contribution in [-0.4, -0.2) is 26.0 Å². The number of thiophene rings is 1. The zero-order valence-electron chi connectivity index (χ0n) is 10.8. The van der Waals surface area contributed by atoms with Gasteiger partial charge in [0.05, 0.1) is 5.56 Å². The third-order valence-electron chi connectivity index (χ3n) is 3.82. The highest BCUT2D eigenvalue weighted by molar-refractivity contribution is 7.91. The number of carboxylic acids is 1. The molecule has 0 amide bonds. The van der Waals surface area contributed by atoms with Crippen molar-refractivity contribution in [1.82, 2.24) is 4.72 Å². The fourth-order valence-electron chi connectivity index (χ4n) is 2.00. The quantitative estimate of drug-likeness (QED) is 0.843.